The predicted molar refractivity (Wildman–Crippen MR) is 75.6 cm³/mol. The van der Waals surface area contributed by atoms with Crippen molar-refractivity contribution in [3.63, 3.8) is 0 Å². The van der Waals surface area contributed by atoms with Crippen LogP contribution in [0.15, 0.2) is 12.3 Å². The van der Waals surface area contributed by atoms with E-state index in [9.17, 15) is 9.59 Å². The highest BCUT2D eigenvalue weighted by Crippen LogP contribution is 2.34. The van der Waals surface area contributed by atoms with Crippen molar-refractivity contribution in [2.45, 2.75) is 38.0 Å². The second-order valence-corrected chi connectivity index (χ2v) is 6.16. The second-order valence-electron chi connectivity index (χ2n) is 6.16. The van der Waals surface area contributed by atoms with Gasteiger partial charge in [-0.1, -0.05) is 0 Å². The van der Waals surface area contributed by atoms with Crippen molar-refractivity contribution in [1.29, 1.82) is 0 Å². The molecule has 1 aliphatic heterocycles. The van der Waals surface area contributed by atoms with E-state index < -0.39 is 5.97 Å². The van der Waals surface area contributed by atoms with Gasteiger partial charge in [0.1, 0.15) is 0 Å². The summed E-state index contributed by atoms with van der Waals surface area (Å²) in [6.07, 6.45) is 5.52. The van der Waals surface area contributed by atoms with Gasteiger partial charge in [0.2, 0.25) is 5.91 Å². The number of nitrogens with zero attached hydrogens (tertiary/aromatic N) is 2. The van der Waals surface area contributed by atoms with Gasteiger partial charge in [-0.3, -0.25) is 14.7 Å². The molecule has 1 aromatic heterocycles. The molecule has 2 N–H and O–H groups in total. The van der Waals surface area contributed by atoms with Gasteiger partial charge in [-0.15, -0.1) is 0 Å². The average Bonchev–Trinajstić information content (AvgIpc) is 3.18. The van der Waals surface area contributed by atoms with Crippen LogP contribution in [0.4, 0.5) is 0 Å². The average molecular weight is 291 g/mol. The summed E-state index contributed by atoms with van der Waals surface area (Å²) < 4.78 is 0. The normalized spacial score (nSPS) is 27.0. The fourth-order valence-electron chi connectivity index (χ4n) is 3.59. The fraction of sp³-hybridized carbons (Fsp3) is 0.667. The Morgan fingerprint density at radius 3 is 2.48 bits per heavy atom. The third kappa shape index (κ3) is 2.94. The zero-order valence-electron chi connectivity index (χ0n) is 12.0. The summed E-state index contributed by atoms with van der Waals surface area (Å²) in [4.78, 5) is 25.4. The highest BCUT2D eigenvalue weighted by Gasteiger charge is 2.36. The summed E-state index contributed by atoms with van der Waals surface area (Å²) in [7, 11) is 0. The number of aromatic amines is 1. The molecule has 1 aliphatic carbocycles. The van der Waals surface area contributed by atoms with E-state index in [-0.39, 0.29) is 17.7 Å². The summed E-state index contributed by atoms with van der Waals surface area (Å²) in [5.41, 5.74) is 1.15. The number of piperidine rings is 1. The van der Waals surface area contributed by atoms with Crippen molar-refractivity contribution < 1.29 is 14.7 Å². The van der Waals surface area contributed by atoms with Crippen molar-refractivity contribution in [3.05, 3.63) is 18.0 Å². The molecule has 3 rings (SSSR count). The van der Waals surface area contributed by atoms with Gasteiger partial charge in [0, 0.05) is 36.8 Å². The molecular formula is C15H21N3O3. The van der Waals surface area contributed by atoms with Crippen molar-refractivity contribution in [2.24, 2.45) is 11.8 Å². The molecule has 6 heteroatoms. The Hall–Kier alpha value is -1.85. The minimum absolute atomic E-state index is 0.0881. The molecule has 114 valence electrons. The first-order chi connectivity index (χ1) is 10.1. The van der Waals surface area contributed by atoms with Gasteiger partial charge in [0.25, 0.3) is 0 Å². The van der Waals surface area contributed by atoms with Gasteiger partial charge in [-0.05, 0) is 38.2 Å². The number of hydrogen-bond acceptors (Lipinski definition) is 3. The zero-order valence-corrected chi connectivity index (χ0v) is 12.0. The summed E-state index contributed by atoms with van der Waals surface area (Å²) in [5, 5.41) is 16.0. The topological polar surface area (TPSA) is 86.3 Å². The Bertz CT molecular complexity index is 506. The van der Waals surface area contributed by atoms with E-state index in [4.69, 9.17) is 5.11 Å². The number of carbonyl (C=O) groups is 2. The Labute approximate surface area is 123 Å². The van der Waals surface area contributed by atoms with Crippen LogP contribution in [0.2, 0.25) is 0 Å². The van der Waals surface area contributed by atoms with E-state index in [1.807, 2.05) is 11.0 Å². The Morgan fingerprint density at radius 2 is 1.90 bits per heavy atom. The molecule has 0 spiro atoms. The molecule has 0 radical (unpaired) electrons. The number of amides is 1. The molecule has 2 fully saturated rings. The van der Waals surface area contributed by atoms with E-state index in [2.05, 4.69) is 10.2 Å². The van der Waals surface area contributed by atoms with Crippen LogP contribution in [0, 0.1) is 11.8 Å². The molecule has 2 aliphatic rings. The number of hydrogen-bond donors (Lipinski definition) is 2. The van der Waals surface area contributed by atoms with Gasteiger partial charge < -0.3 is 10.0 Å². The van der Waals surface area contributed by atoms with Gasteiger partial charge in [0.15, 0.2) is 0 Å². The molecule has 1 saturated heterocycles. The number of likely N-dealkylation sites (tertiary alicyclic amines) is 1. The molecule has 1 amide bonds. The molecule has 0 unspecified atom stereocenters. The van der Waals surface area contributed by atoms with Crippen LogP contribution in [0.1, 0.15) is 43.7 Å². The predicted octanol–water partition coefficient (Wildman–Crippen LogP) is 1.62. The van der Waals surface area contributed by atoms with Gasteiger partial charge in [0.05, 0.1) is 5.92 Å². The van der Waals surface area contributed by atoms with Crippen molar-refractivity contribution in [3.8, 4) is 0 Å². The van der Waals surface area contributed by atoms with Gasteiger partial charge in [-0.25, -0.2) is 0 Å². The van der Waals surface area contributed by atoms with Crippen LogP contribution in [-0.2, 0) is 9.59 Å². The van der Waals surface area contributed by atoms with Crippen molar-refractivity contribution in [2.75, 3.05) is 13.1 Å². The maximum absolute atomic E-state index is 12.5. The molecule has 0 bridgehead atoms. The highest BCUT2D eigenvalue weighted by atomic mass is 16.4. The first-order valence-corrected chi connectivity index (χ1v) is 7.66. The maximum atomic E-state index is 12.5. The first kappa shape index (κ1) is 14.1. The molecular weight excluding hydrogens is 270 g/mol. The van der Waals surface area contributed by atoms with E-state index in [0.29, 0.717) is 18.8 Å². The van der Waals surface area contributed by atoms with Gasteiger partial charge >= 0.3 is 5.97 Å². The summed E-state index contributed by atoms with van der Waals surface area (Å²) in [6.45, 7) is 1.52. The Kier molecular flexibility index (Phi) is 3.94. The van der Waals surface area contributed by atoms with Crippen LogP contribution in [0.3, 0.4) is 0 Å². The van der Waals surface area contributed by atoms with Crippen LogP contribution < -0.4 is 0 Å². The van der Waals surface area contributed by atoms with E-state index >= 15 is 0 Å². The second kappa shape index (κ2) is 5.87. The van der Waals surface area contributed by atoms with E-state index in [1.165, 1.54) is 0 Å². The number of nitrogens with one attached hydrogen (secondary N) is 1. The molecule has 2 atom stereocenters. The molecule has 0 aromatic carbocycles. The first-order valence-electron chi connectivity index (χ1n) is 7.66. The lowest BCUT2D eigenvalue weighted by Crippen LogP contribution is -2.41. The number of carboxylic acids is 1. The lowest BCUT2D eigenvalue weighted by molar-refractivity contribution is -0.141. The standard InChI is InChI=1S/C15H21N3O3/c19-14(11-1-2-12(9-11)15(20)21)18-7-4-10(5-8-18)13-3-6-16-17-13/h3,6,10-12H,1-2,4-5,7-9H2,(H,16,17)(H,20,21)/t11-,12+/m0/s1. The van der Waals surface area contributed by atoms with Crippen LogP contribution in [0.25, 0.3) is 0 Å². The lowest BCUT2D eigenvalue weighted by atomic mass is 9.92. The molecule has 21 heavy (non-hydrogen) atoms. The number of rotatable bonds is 3. The van der Waals surface area contributed by atoms with Crippen LogP contribution in [-0.4, -0.2) is 45.2 Å². The fourth-order valence-corrected chi connectivity index (χ4v) is 3.59. The van der Waals surface area contributed by atoms with Crippen LogP contribution >= 0.6 is 0 Å². The maximum Gasteiger partial charge on any atom is 0.306 e. The quantitative estimate of drug-likeness (QED) is 0.886. The Morgan fingerprint density at radius 1 is 1.19 bits per heavy atom. The number of carbonyl (C=O) groups excluding carboxylic acids is 1. The Balaban J connectivity index is 1.52. The van der Waals surface area contributed by atoms with E-state index in [0.717, 1.165) is 38.0 Å². The number of H-pyrrole nitrogens is 1. The molecule has 2 heterocycles. The highest BCUT2D eigenvalue weighted by molar-refractivity contribution is 5.81. The van der Waals surface area contributed by atoms with Crippen LogP contribution in [0.5, 0.6) is 0 Å². The third-order valence-electron chi connectivity index (χ3n) is 4.90. The van der Waals surface area contributed by atoms with Crippen molar-refractivity contribution in [1.82, 2.24) is 15.1 Å². The number of aliphatic carboxylic acids is 1. The lowest BCUT2D eigenvalue weighted by Gasteiger charge is -2.33. The zero-order chi connectivity index (χ0) is 14.8. The largest absolute Gasteiger partial charge is 0.481 e. The summed E-state index contributed by atoms with van der Waals surface area (Å²) in [6, 6.07) is 2.00. The van der Waals surface area contributed by atoms with E-state index in [1.54, 1.807) is 6.20 Å². The number of carboxylic acid groups (broad SMARTS) is 1. The number of aromatic nitrogens is 2. The summed E-state index contributed by atoms with van der Waals surface area (Å²) in [5.74, 6) is -0.576. The summed E-state index contributed by atoms with van der Waals surface area (Å²) >= 11 is 0. The smallest absolute Gasteiger partial charge is 0.306 e. The molecule has 6 nitrogen and oxygen atoms in total. The monoisotopic (exact) mass is 291 g/mol. The SMILES string of the molecule is O=C(O)[C@@H]1CC[C@H](C(=O)N2CCC(c3ccn[nH]3)CC2)C1. The molecule has 1 aromatic rings. The minimum atomic E-state index is -0.761. The van der Waals surface area contributed by atoms with Gasteiger partial charge in [-0.2, -0.15) is 5.10 Å². The van der Waals surface area contributed by atoms with Crippen molar-refractivity contribution >= 4 is 11.9 Å². The third-order valence-corrected chi connectivity index (χ3v) is 4.90. The minimum Gasteiger partial charge on any atom is -0.481 e. The molecule has 1 saturated carbocycles.